The third kappa shape index (κ3) is 6.73. The third-order valence-electron chi connectivity index (χ3n) is 8.72. The van der Waals surface area contributed by atoms with Gasteiger partial charge in [-0.25, -0.2) is 0 Å². The van der Waals surface area contributed by atoms with Gasteiger partial charge in [0.05, 0.1) is 17.6 Å². The molecule has 3 atom stereocenters. The van der Waals surface area contributed by atoms with Crippen LogP contribution in [0.4, 0.5) is 13.2 Å². The van der Waals surface area contributed by atoms with Crippen molar-refractivity contribution in [3.05, 3.63) is 80.3 Å². The molecule has 0 unspecified atom stereocenters. The van der Waals surface area contributed by atoms with E-state index in [-0.39, 0.29) is 45.2 Å². The summed E-state index contributed by atoms with van der Waals surface area (Å²) in [6.07, 6.45) is -1.99. The van der Waals surface area contributed by atoms with Crippen LogP contribution in [0.15, 0.2) is 48.0 Å². The Balaban J connectivity index is 1.62. The second-order valence-electron chi connectivity index (χ2n) is 11.7. The van der Waals surface area contributed by atoms with Gasteiger partial charge in [0.1, 0.15) is 11.4 Å². The van der Waals surface area contributed by atoms with Crippen LogP contribution in [0.3, 0.4) is 0 Å². The fourth-order valence-electron chi connectivity index (χ4n) is 6.77. The molecule has 2 amide bonds. The smallest absolute Gasteiger partial charge is 0.418 e. The zero-order valence-electron chi connectivity index (χ0n) is 25.5. The summed E-state index contributed by atoms with van der Waals surface area (Å²) in [5.41, 5.74) is -1.83. The van der Waals surface area contributed by atoms with Gasteiger partial charge in [-0.3, -0.25) is 19.4 Å². The van der Waals surface area contributed by atoms with E-state index in [2.05, 4.69) is 4.98 Å². The highest BCUT2D eigenvalue weighted by atomic mass is 35.5. The molecule has 13 heteroatoms. The molecular weight excluding hydrogens is 643 g/mol. The highest BCUT2D eigenvalue weighted by molar-refractivity contribution is 7.10. The van der Waals surface area contributed by atoms with Crippen LogP contribution >= 0.6 is 22.9 Å². The van der Waals surface area contributed by atoms with E-state index >= 15 is 4.79 Å². The van der Waals surface area contributed by atoms with Gasteiger partial charge in [-0.2, -0.15) is 13.2 Å². The monoisotopic (exact) mass is 677 g/mol. The standard InChI is InChI=1S/C33H35ClF3N3O5S/c1-3-6-27-32(45-23-17-20(2)46-19-23,13-5-15-40(27)30(43)29-25(33(35,36)37)7-4-14-38-29)31(44)39-16-12-21-18-22(34)8-9-24(21)26(39)10-11-28(41)42/h4,7-9,14,17-19,26-27H,3,5-6,10-13,15-16H2,1-2H3,(H,41,42)/t26-,27-,32+/m1/s1. The number of carbonyl (C=O) groups excluding carboxylic acids is 2. The number of thiophene rings is 1. The number of alkyl halides is 3. The lowest BCUT2D eigenvalue weighted by atomic mass is 9.78. The highest BCUT2D eigenvalue weighted by Crippen LogP contribution is 2.43. The molecule has 2 aromatic heterocycles. The predicted molar refractivity (Wildman–Crippen MR) is 167 cm³/mol. The van der Waals surface area contributed by atoms with Crippen molar-refractivity contribution in [2.75, 3.05) is 13.1 Å². The number of pyridine rings is 1. The molecule has 0 spiro atoms. The molecule has 0 saturated carbocycles. The number of fused-ring (bicyclic) bond motifs is 1. The van der Waals surface area contributed by atoms with Crippen molar-refractivity contribution in [1.29, 1.82) is 0 Å². The molecule has 46 heavy (non-hydrogen) atoms. The lowest BCUT2D eigenvalue weighted by molar-refractivity contribution is -0.163. The number of aliphatic carboxylic acids is 1. The molecule has 1 saturated heterocycles. The highest BCUT2D eigenvalue weighted by Gasteiger charge is 2.57. The molecule has 1 N–H and O–H groups in total. The van der Waals surface area contributed by atoms with Gasteiger partial charge in [0, 0.05) is 47.4 Å². The minimum atomic E-state index is -4.81. The van der Waals surface area contributed by atoms with Crippen LogP contribution in [-0.2, 0) is 22.2 Å². The summed E-state index contributed by atoms with van der Waals surface area (Å²) in [4.78, 5) is 48.6. The van der Waals surface area contributed by atoms with E-state index in [1.54, 1.807) is 28.5 Å². The summed E-state index contributed by atoms with van der Waals surface area (Å²) >= 11 is 7.69. The van der Waals surface area contributed by atoms with E-state index < -0.39 is 52.9 Å². The van der Waals surface area contributed by atoms with E-state index in [0.29, 0.717) is 23.6 Å². The maximum atomic E-state index is 15.1. The molecule has 1 fully saturated rings. The van der Waals surface area contributed by atoms with E-state index in [1.807, 2.05) is 19.9 Å². The Bertz CT molecular complexity index is 1620. The quantitative estimate of drug-likeness (QED) is 0.255. The normalized spacial score (nSPS) is 21.5. The Morgan fingerprint density at radius 2 is 1.93 bits per heavy atom. The molecule has 8 nitrogen and oxygen atoms in total. The number of hydrogen-bond acceptors (Lipinski definition) is 6. The van der Waals surface area contributed by atoms with E-state index in [4.69, 9.17) is 16.3 Å². The Hall–Kier alpha value is -3.64. The van der Waals surface area contributed by atoms with Crippen LogP contribution in [-0.4, -0.2) is 62.4 Å². The number of halogens is 4. The van der Waals surface area contributed by atoms with Gasteiger partial charge < -0.3 is 19.6 Å². The molecule has 0 aliphatic carbocycles. The summed E-state index contributed by atoms with van der Waals surface area (Å²) < 4.78 is 48.7. The summed E-state index contributed by atoms with van der Waals surface area (Å²) in [5.74, 6) is -1.94. The van der Waals surface area contributed by atoms with Crippen LogP contribution in [0.5, 0.6) is 5.75 Å². The number of piperidine rings is 1. The number of aromatic nitrogens is 1. The number of nitrogens with zero attached hydrogens (tertiary/aromatic N) is 3. The topological polar surface area (TPSA) is 100 Å². The second kappa shape index (κ2) is 13.6. The maximum Gasteiger partial charge on any atom is 0.418 e. The van der Waals surface area contributed by atoms with Crippen LogP contribution < -0.4 is 4.74 Å². The van der Waals surface area contributed by atoms with Crippen molar-refractivity contribution in [1.82, 2.24) is 14.8 Å². The average molecular weight is 678 g/mol. The van der Waals surface area contributed by atoms with Gasteiger partial charge in [0.15, 0.2) is 0 Å². The maximum absolute atomic E-state index is 15.1. The number of likely N-dealkylation sites (tertiary alicyclic amines) is 1. The summed E-state index contributed by atoms with van der Waals surface area (Å²) in [5, 5.41) is 11.9. The number of amides is 2. The molecule has 0 radical (unpaired) electrons. The van der Waals surface area contributed by atoms with Crippen LogP contribution in [0.25, 0.3) is 0 Å². The Morgan fingerprint density at radius 1 is 1.15 bits per heavy atom. The molecule has 4 heterocycles. The number of ether oxygens (including phenoxy) is 1. The van der Waals surface area contributed by atoms with Crippen molar-refractivity contribution in [2.45, 2.75) is 82.7 Å². The van der Waals surface area contributed by atoms with Crippen LogP contribution in [0.1, 0.15) is 83.5 Å². The summed E-state index contributed by atoms with van der Waals surface area (Å²) in [7, 11) is 0. The number of carboxylic acid groups (broad SMARTS) is 1. The second-order valence-corrected chi connectivity index (χ2v) is 13.3. The fourth-order valence-corrected chi connectivity index (χ4v) is 7.56. The third-order valence-corrected chi connectivity index (χ3v) is 9.80. The van der Waals surface area contributed by atoms with Crippen LogP contribution in [0, 0.1) is 6.92 Å². The zero-order chi connectivity index (χ0) is 33.2. The number of hydrogen-bond donors (Lipinski definition) is 1. The zero-order valence-corrected chi connectivity index (χ0v) is 27.1. The van der Waals surface area contributed by atoms with Gasteiger partial charge in [0.25, 0.3) is 11.8 Å². The van der Waals surface area contributed by atoms with Gasteiger partial charge in [-0.15, -0.1) is 11.3 Å². The Kier molecular flexibility index (Phi) is 9.97. The van der Waals surface area contributed by atoms with Gasteiger partial charge in [-0.05, 0) is 74.1 Å². The minimum absolute atomic E-state index is 0.113. The van der Waals surface area contributed by atoms with Gasteiger partial charge in [-0.1, -0.05) is 31.0 Å². The molecular formula is C33H35ClF3N3O5S. The number of carbonyl (C=O) groups is 3. The fraction of sp³-hybridized carbons (Fsp3) is 0.455. The number of benzene rings is 1. The SMILES string of the molecule is CCC[C@H]1N(C(=O)c2ncccc2C(F)(F)F)CCC[C@@]1(Oc1csc(C)c1)C(=O)N1CCc2cc(Cl)ccc2[C@H]1CCC(=O)O. The number of rotatable bonds is 9. The van der Waals surface area contributed by atoms with Gasteiger partial charge in [0.2, 0.25) is 5.60 Å². The molecule has 0 bridgehead atoms. The lowest BCUT2D eigenvalue weighted by Crippen LogP contribution is -2.68. The van der Waals surface area contributed by atoms with Crippen molar-refractivity contribution in [2.24, 2.45) is 0 Å². The first kappa shape index (κ1) is 33.7. The number of carboxylic acids is 1. The molecule has 3 aromatic rings. The first-order valence-electron chi connectivity index (χ1n) is 15.2. The van der Waals surface area contributed by atoms with Crippen LogP contribution in [0.2, 0.25) is 5.02 Å². The first-order valence-corrected chi connectivity index (χ1v) is 16.5. The lowest BCUT2D eigenvalue weighted by Gasteiger charge is -2.51. The summed E-state index contributed by atoms with van der Waals surface area (Å²) in [6.45, 7) is 4.12. The van der Waals surface area contributed by atoms with Gasteiger partial charge >= 0.3 is 12.1 Å². The Labute approximate surface area is 274 Å². The van der Waals surface area contributed by atoms with Crippen molar-refractivity contribution >= 4 is 40.7 Å². The molecule has 2 aliphatic rings. The summed E-state index contributed by atoms with van der Waals surface area (Å²) in [6, 6.07) is 7.53. The molecule has 246 valence electrons. The van der Waals surface area contributed by atoms with Crippen molar-refractivity contribution < 1.29 is 37.4 Å². The van der Waals surface area contributed by atoms with E-state index in [9.17, 15) is 27.9 Å². The molecule has 1 aromatic carbocycles. The largest absolute Gasteiger partial charge is 0.481 e. The van der Waals surface area contributed by atoms with E-state index in [1.165, 1.54) is 16.2 Å². The van der Waals surface area contributed by atoms with Crippen molar-refractivity contribution in [3.8, 4) is 5.75 Å². The Morgan fingerprint density at radius 3 is 2.61 bits per heavy atom. The first-order chi connectivity index (χ1) is 21.9. The van der Waals surface area contributed by atoms with E-state index in [0.717, 1.165) is 34.3 Å². The predicted octanol–water partition coefficient (Wildman–Crippen LogP) is 7.34. The molecule has 2 aliphatic heterocycles. The average Bonchev–Trinajstić information content (AvgIpc) is 3.43. The van der Waals surface area contributed by atoms with Crippen molar-refractivity contribution in [3.63, 3.8) is 0 Å². The molecule has 5 rings (SSSR count). The minimum Gasteiger partial charge on any atom is -0.481 e. The number of aryl methyl sites for hydroxylation is 1.